The van der Waals surface area contributed by atoms with E-state index in [-0.39, 0.29) is 5.91 Å². The van der Waals surface area contributed by atoms with E-state index >= 15 is 0 Å². The molecule has 4 rings (SSSR count). The van der Waals surface area contributed by atoms with Crippen LogP contribution in [0.1, 0.15) is 13.0 Å². The highest BCUT2D eigenvalue weighted by atomic mass is 35.5. The zero-order chi connectivity index (χ0) is 19.0. The third-order valence-electron chi connectivity index (χ3n) is 5.03. The largest absolute Gasteiger partial charge is 0.420 e. The molecular formula is C20H20ClN3O3. The van der Waals surface area contributed by atoms with Crippen LogP contribution in [0.2, 0.25) is 5.02 Å². The van der Waals surface area contributed by atoms with Gasteiger partial charge in [-0.25, -0.2) is 4.79 Å². The number of benzene rings is 2. The number of oxazole rings is 1. The molecule has 1 aromatic heterocycles. The van der Waals surface area contributed by atoms with Gasteiger partial charge in [-0.1, -0.05) is 29.8 Å². The van der Waals surface area contributed by atoms with E-state index in [4.69, 9.17) is 16.0 Å². The Hall–Kier alpha value is -2.73. The predicted molar refractivity (Wildman–Crippen MR) is 105 cm³/mol. The minimum atomic E-state index is -0.612. The Balaban J connectivity index is 1.49. The van der Waals surface area contributed by atoms with Gasteiger partial charge in [-0.3, -0.25) is 9.36 Å². The van der Waals surface area contributed by atoms with Gasteiger partial charge in [0.15, 0.2) is 5.58 Å². The van der Waals surface area contributed by atoms with Crippen molar-refractivity contribution in [1.82, 2.24) is 9.47 Å². The molecule has 3 aromatic rings. The molecule has 1 fully saturated rings. The van der Waals surface area contributed by atoms with Crippen molar-refractivity contribution in [2.75, 3.05) is 31.1 Å². The molecule has 1 aliphatic heterocycles. The number of para-hydroxylation sites is 2. The van der Waals surface area contributed by atoms with Gasteiger partial charge in [0.25, 0.3) is 0 Å². The number of nitrogens with zero attached hydrogens (tertiary/aromatic N) is 3. The summed E-state index contributed by atoms with van der Waals surface area (Å²) in [7, 11) is 0. The molecule has 0 saturated carbocycles. The second kappa shape index (κ2) is 7.12. The van der Waals surface area contributed by atoms with Gasteiger partial charge in [0.05, 0.1) is 5.52 Å². The fraction of sp³-hybridized carbons (Fsp3) is 0.300. The molecule has 0 aliphatic carbocycles. The molecule has 140 valence electrons. The first-order valence-corrected chi connectivity index (χ1v) is 9.32. The van der Waals surface area contributed by atoms with E-state index in [2.05, 4.69) is 4.90 Å². The van der Waals surface area contributed by atoms with Crippen molar-refractivity contribution in [1.29, 1.82) is 0 Å². The Morgan fingerprint density at radius 2 is 1.81 bits per heavy atom. The van der Waals surface area contributed by atoms with Crippen molar-refractivity contribution >= 4 is 34.3 Å². The highest BCUT2D eigenvalue weighted by molar-refractivity contribution is 6.30. The summed E-state index contributed by atoms with van der Waals surface area (Å²) in [6.45, 7) is 4.38. The van der Waals surface area contributed by atoms with E-state index in [1.54, 1.807) is 30.0 Å². The maximum absolute atomic E-state index is 13.0. The number of rotatable bonds is 3. The van der Waals surface area contributed by atoms with Crippen LogP contribution < -0.4 is 10.7 Å². The SMILES string of the molecule is C[C@@H](C(=O)N1CCN(c2cccc(Cl)c2)CC1)n1c(=O)oc2ccccc21. The molecule has 0 unspecified atom stereocenters. The minimum Gasteiger partial charge on any atom is -0.408 e. The topological polar surface area (TPSA) is 58.7 Å². The first kappa shape index (κ1) is 17.7. The third kappa shape index (κ3) is 3.32. The van der Waals surface area contributed by atoms with E-state index in [1.807, 2.05) is 30.3 Å². The highest BCUT2D eigenvalue weighted by Crippen LogP contribution is 2.22. The van der Waals surface area contributed by atoms with Crippen molar-refractivity contribution in [2.24, 2.45) is 0 Å². The fourth-order valence-electron chi connectivity index (χ4n) is 3.58. The lowest BCUT2D eigenvalue weighted by Crippen LogP contribution is -2.50. The van der Waals surface area contributed by atoms with Gasteiger partial charge in [0.1, 0.15) is 6.04 Å². The molecular weight excluding hydrogens is 366 g/mol. The molecule has 2 heterocycles. The van der Waals surface area contributed by atoms with Crippen LogP contribution in [0.3, 0.4) is 0 Å². The summed E-state index contributed by atoms with van der Waals surface area (Å²) in [6.07, 6.45) is 0. The zero-order valence-electron chi connectivity index (χ0n) is 15.0. The molecule has 1 amide bonds. The zero-order valence-corrected chi connectivity index (χ0v) is 15.7. The highest BCUT2D eigenvalue weighted by Gasteiger charge is 2.28. The minimum absolute atomic E-state index is 0.0746. The molecule has 0 radical (unpaired) electrons. The van der Waals surface area contributed by atoms with Crippen molar-refractivity contribution in [3.05, 3.63) is 64.1 Å². The summed E-state index contributed by atoms with van der Waals surface area (Å²) >= 11 is 6.07. The van der Waals surface area contributed by atoms with Crippen LogP contribution in [0.25, 0.3) is 11.1 Å². The first-order chi connectivity index (χ1) is 13.0. The predicted octanol–water partition coefficient (Wildman–Crippen LogP) is 3.16. The molecule has 7 heteroatoms. The molecule has 0 N–H and O–H groups in total. The quantitative estimate of drug-likeness (QED) is 0.695. The molecule has 0 bridgehead atoms. The molecule has 6 nitrogen and oxygen atoms in total. The number of fused-ring (bicyclic) bond motifs is 1. The van der Waals surface area contributed by atoms with Gasteiger partial charge in [-0.05, 0) is 37.3 Å². The van der Waals surface area contributed by atoms with Gasteiger partial charge < -0.3 is 14.2 Å². The third-order valence-corrected chi connectivity index (χ3v) is 5.26. The average molecular weight is 386 g/mol. The molecule has 1 saturated heterocycles. The number of aromatic nitrogens is 1. The first-order valence-electron chi connectivity index (χ1n) is 8.94. The standard InChI is InChI=1S/C20H20ClN3O3/c1-14(24-17-7-2-3-8-18(17)27-20(24)26)19(25)23-11-9-22(10-12-23)16-6-4-5-15(21)13-16/h2-8,13-14H,9-12H2,1H3/t14-/m0/s1. The Morgan fingerprint density at radius 3 is 2.56 bits per heavy atom. The van der Waals surface area contributed by atoms with E-state index in [0.29, 0.717) is 29.2 Å². The molecule has 0 spiro atoms. The lowest BCUT2D eigenvalue weighted by molar-refractivity contribution is -0.134. The Bertz CT molecular complexity index is 1030. The average Bonchev–Trinajstić information content (AvgIpc) is 3.02. The summed E-state index contributed by atoms with van der Waals surface area (Å²) in [5, 5.41) is 0.700. The van der Waals surface area contributed by atoms with Crippen LogP contribution in [0.4, 0.5) is 5.69 Å². The van der Waals surface area contributed by atoms with Gasteiger partial charge in [0.2, 0.25) is 5.91 Å². The summed E-state index contributed by atoms with van der Waals surface area (Å²) in [5.41, 5.74) is 2.19. The van der Waals surface area contributed by atoms with Crippen molar-refractivity contribution in [3.63, 3.8) is 0 Å². The number of piperazine rings is 1. The van der Waals surface area contributed by atoms with Crippen LogP contribution in [0, 0.1) is 0 Å². The van der Waals surface area contributed by atoms with Crippen LogP contribution in [0.5, 0.6) is 0 Å². The van der Waals surface area contributed by atoms with Gasteiger partial charge >= 0.3 is 5.76 Å². The van der Waals surface area contributed by atoms with E-state index in [9.17, 15) is 9.59 Å². The molecule has 2 aromatic carbocycles. The Labute approximate surface area is 161 Å². The van der Waals surface area contributed by atoms with Crippen molar-refractivity contribution in [2.45, 2.75) is 13.0 Å². The van der Waals surface area contributed by atoms with Gasteiger partial charge in [-0.2, -0.15) is 0 Å². The number of hydrogen-bond acceptors (Lipinski definition) is 4. The number of halogens is 1. The normalized spacial score (nSPS) is 15.9. The maximum atomic E-state index is 13.0. The summed E-state index contributed by atoms with van der Waals surface area (Å²) in [5.74, 6) is -0.580. The lowest BCUT2D eigenvalue weighted by Gasteiger charge is -2.37. The van der Waals surface area contributed by atoms with Crippen molar-refractivity contribution in [3.8, 4) is 0 Å². The van der Waals surface area contributed by atoms with Gasteiger partial charge in [-0.15, -0.1) is 0 Å². The van der Waals surface area contributed by atoms with Crippen LogP contribution in [0.15, 0.2) is 57.7 Å². The van der Waals surface area contributed by atoms with E-state index in [1.165, 1.54) is 4.57 Å². The molecule has 1 aliphatic rings. The smallest absolute Gasteiger partial charge is 0.408 e. The summed E-state index contributed by atoms with van der Waals surface area (Å²) in [6, 6.07) is 14.3. The summed E-state index contributed by atoms with van der Waals surface area (Å²) < 4.78 is 6.69. The fourth-order valence-corrected chi connectivity index (χ4v) is 3.77. The Kier molecular flexibility index (Phi) is 4.66. The monoisotopic (exact) mass is 385 g/mol. The Morgan fingerprint density at radius 1 is 1.07 bits per heavy atom. The summed E-state index contributed by atoms with van der Waals surface area (Å²) in [4.78, 5) is 29.2. The second-order valence-electron chi connectivity index (χ2n) is 6.67. The van der Waals surface area contributed by atoms with E-state index < -0.39 is 11.8 Å². The molecule has 27 heavy (non-hydrogen) atoms. The van der Waals surface area contributed by atoms with Crippen LogP contribution >= 0.6 is 11.6 Å². The van der Waals surface area contributed by atoms with Crippen LogP contribution in [-0.2, 0) is 4.79 Å². The lowest BCUT2D eigenvalue weighted by atomic mass is 10.2. The molecule has 1 atom stereocenters. The van der Waals surface area contributed by atoms with E-state index in [0.717, 1.165) is 18.8 Å². The number of anilines is 1. The number of carbonyl (C=O) groups is 1. The maximum Gasteiger partial charge on any atom is 0.420 e. The second-order valence-corrected chi connectivity index (χ2v) is 7.11. The number of carbonyl (C=O) groups excluding carboxylic acids is 1. The van der Waals surface area contributed by atoms with Gasteiger partial charge in [0, 0.05) is 36.9 Å². The van der Waals surface area contributed by atoms with Crippen LogP contribution in [-0.4, -0.2) is 41.6 Å². The number of amides is 1. The number of hydrogen-bond donors (Lipinski definition) is 0. The van der Waals surface area contributed by atoms with Crippen molar-refractivity contribution < 1.29 is 9.21 Å².